The van der Waals surface area contributed by atoms with E-state index in [2.05, 4.69) is 4.98 Å². The van der Waals surface area contributed by atoms with Crippen LogP contribution >= 0.6 is 0 Å². The molecule has 0 saturated carbocycles. The summed E-state index contributed by atoms with van der Waals surface area (Å²) in [5.74, 6) is -0.292. The van der Waals surface area contributed by atoms with E-state index in [0.29, 0.717) is 11.5 Å². The van der Waals surface area contributed by atoms with Gasteiger partial charge in [0.25, 0.3) is 0 Å². The number of hydrogen-bond donors (Lipinski definition) is 1. The fourth-order valence-corrected chi connectivity index (χ4v) is 1.22. The summed E-state index contributed by atoms with van der Waals surface area (Å²) in [7, 11) is 0. The highest BCUT2D eigenvalue weighted by Crippen LogP contribution is 2.18. The fraction of sp³-hybridized carbons (Fsp3) is 0.111. The minimum absolute atomic E-state index is 0.115. The lowest BCUT2D eigenvalue weighted by molar-refractivity contribution is -0.137. The van der Waals surface area contributed by atoms with Gasteiger partial charge in [-0.1, -0.05) is 0 Å². The predicted molar refractivity (Wildman–Crippen MR) is 47.6 cm³/mol. The van der Waals surface area contributed by atoms with Crippen LogP contribution in [-0.4, -0.2) is 20.6 Å². The average Bonchev–Trinajstić information content (AvgIpc) is 2.70. The molecule has 5 nitrogen and oxygen atoms in total. The Balaban J connectivity index is 2.35. The molecule has 0 spiro atoms. The summed E-state index contributed by atoms with van der Waals surface area (Å²) >= 11 is 0. The number of furan rings is 1. The van der Waals surface area contributed by atoms with E-state index in [-0.39, 0.29) is 6.54 Å². The monoisotopic (exact) mass is 192 g/mol. The number of carbonyl (C=O) groups is 1. The molecule has 14 heavy (non-hydrogen) atoms. The smallest absolute Gasteiger partial charge is 0.323 e. The molecule has 0 aliphatic carbocycles. The second-order valence-corrected chi connectivity index (χ2v) is 2.78. The summed E-state index contributed by atoms with van der Waals surface area (Å²) in [6.45, 7) is -0.115. The third-order valence-electron chi connectivity index (χ3n) is 1.79. The van der Waals surface area contributed by atoms with Crippen LogP contribution in [0.15, 0.2) is 35.3 Å². The summed E-state index contributed by atoms with van der Waals surface area (Å²) in [5.41, 5.74) is 0.664. The van der Waals surface area contributed by atoms with Crippen molar-refractivity contribution in [1.82, 2.24) is 9.55 Å². The molecule has 0 fully saturated rings. The molecule has 0 aliphatic heterocycles. The van der Waals surface area contributed by atoms with Gasteiger partial charge in [-0.25, -0.2) is 4.98 Å². The number of imidazole rings is 1. The molecule has 0 saturated heterocycles. The average molecular weight is 192 g/mol. The number of rotatable bonds is 3. The van der Waals surface area contributed by atoms with Crippen molar-refractivity contribution >= 4 is 5.97 Å². The Morgan fingerprint density at radius 3 is 3.14 bits per heavy atom. The second kappa shape index (κ2) is 3.37. The highest BCUT2D eigenvalue weighted by atomic mass is 16.4. The number of aliphatic carboxylic acids is 1. The van der Waals surface area contributed by atoms with E-state index in [9.17, 15) is 4.79 Å². The van der Waals surface area contributed by atoms with Crippen molar-refractivity contribution in [2.45, 2.75) is 6.54 Å². The third-order valence-corrected chi connectivity index (χ3v) is 1.79. The van der Waals surface area contributed by atoms with Crippen LogP contribution in [0.3, 0.4) is 0 Å². The van der Waals surface area contributed by atoms with Crippen LogP contribution < -0.4 is 0 Å². The normalized spacial score (nSPS) is 10.3. The number of carboxylic acids is 1. The first-order valence-electron chi connectivity index (χ1n) is 4.03. The van der Waals surface area contributed by atoms with Gasteiger partial charge in [-0.15, -0.1) is 0 Å². The first-order chi connectivity index (χ1) is 6.77. The van der Waals surface area contributed by atoms with Crippen LogP contribution in [0, 0.1) is 0 Å². The molecule has 0 bridgehead atoms. The predicted octanol–water partition coefficient (Wildman–Crippen LogP) is 1.23. The summed E-state index contributed by atoms with van der Waals surface area (Å²) in [6.07, 6.45) is 4.57. The van der Waals surface area contributed by atoms with Crippen LogP contribution in [0.25, 0.3) is 11.5 Å². The highest BCUT2D eigenvalue weighted by Gasteiger charge is 2.09. The van der Waals surface area contributed by atoms with E-state index in [1.165, 1.54) is 17.2 Å². The van der Waals surface area contributed by atoms with E-state index >= 15 is 0 Å². The van der Waals surface area contributed by atoms with Gasteiger partial charge < -0.3 is 14.1 Å². The van der Waals surface area contributed by atoms with Crippen molar-refractivity contribution in [2.24, 2.45) is 0 Å². The van der Waals surface area contributed by atoms with Crippen molar-refractivity contribution in [3.05, 3.63) is 30.9 Å². The van der Waals surface area contributed by atoms with Gasteiger partial charge in [0, 0.05) is 0 Å². The van der Waals surface area contributed by atoms with Crippen LogP contribution in [0.1, 0.15) is 0 Å². The van der Waals surface area contributed by atoms with Crippen molar-refractivity contribution in [1.29, 1.82) is 0 Å². The Kier molecular flexibility index (Phi) is 2.06. The summed E-state index contributed by atoms with van der Waals surface area (Å²) in [4.78, 5) is 14.4. The van der Waals surface area contributed by atoms with Crippen molar-refractivity contribution in [3.63, 3.8) is 0 Å². The molecular formula is C9H8N2O3. The summed E-state index contributed by atoms with van der Waals surface area (Å²) in [6, 6.07) is 3.50. The molecule has 0 amide bonds. The van der Waals surface area contributed by atoms with E-state index in [1.807, 2.05) is 0 Å². The molecule has 1 N–H and O–H groups in total. The Morgan fingerprint density at radius 2 is 2.50 bits per heavy atom. The maximum Gasteiger partial charge on any atom is 0.323 e. The maximum atomic E-state index is 10.5. The largest absolute Gasteiger partial charge is 0.480 e. The van der Waals surface area contributed by atoms with Gasteiger partial charge in [0.05, 0.1) is 18.8 Å². The molecule has 2 heterocycles. The van der Waals surface area contributed by atoms with E-state index in [1.54, 1.807) is 18.3 Å². The topological polar surface area (TPSA) is 68.3 Å². The molecule has 5 heteroatoms. The zero-order valence-electron chi connectivity index (χ0n) is 7.25. The first kappa shape index (κ1) is 8.55. The van der Waals surface area contributed by atoms with Gasteiger partial charge in [0.1, 0.15) is 12.2 Å². The maximum absolute atomic E-state index is 10.5. The number of nitrogens with zero attached hydrogens (tertiary/aromatic N) is 2. The third kappa shape index (κ3) is 1.52. The number of hydrogen-bond acceptors (Lipinski definition) is 3. The van der Waals surface area contributed by atoms with Gasteiger partial charge in [-0.3, -0.25) is 4.79 Å². The molecule has 2 rings (SSSR count). The SMILES string of the molecule is O=C(O)Cn1cncc1-c1ccco1. The second-order valence-electron chi connectivity index (χ2n) is 2.78. The Bertz CT molecular complexity index is 431. The van der Waals surface area contributed by atoms with Gasteiger partial charge in [0.15, 0.2) is 5.76 Å². The van der Waals surface area contributed by atoms with Gasteiger partial charge in [-0.2, -0.15) is 0 Å². The lowest BCUT2D eigenvalue weighted by atomic mass is 10.3. The van der Waals surface area contributed by atoms with Crippen molar-refractivity contribution < 1.29 is 14.3 Å². The quantitative estimate of drug-likeness (QED) is 0.794. The Hall–Kier alpha value is -2.04. The minimum atomic E-state index is -0.907. The minimum Gasteiger partial charge on any atom is -0.480 e. The standard InChI is InChI=1S/C9H8N2O3/c12-9(13)5-11-6-10-4-7(11)8-2-1-3-14-8/h1-4,6H,5H2,(H,12,13). The van der Waals surface area contributed by atoms with Gasteiger partial charge in [0.2, 0.25) is 0 Å². The molecule has 0 aliphatic rings. The zero-order valence-corrected chi connectivity index (χ0v) is 7.25. The number of carboxylic acid groups (broad SMARTS) is 1. The first-order valence-corrected chi connectivity index (χ1v) is 4.03. The number of aromatic nitrogens is 2. The Labute approximate surface area is 79.6 Å². The molecule has 0 unspecified atom stereocenters. The molecular weight excluding hydrogens is 184 g/mol. The van der Waals surface area contributed by atoms with E-state index in [0.717, 1.165) is 0 Å². The van der Waals surface area contributed by atoms with Crippen molar-refractivity contribution in [2.75, 3.05) is 0 Å². The van der Waals surface area contributed by atoms with E-state index in [4.69, 9.17) is 9.52 Å². The zero-order chi connectivity index (χ0) is 9.97. The van der Waals surface area contributed by atoms with Crippen LogP contribution in [0.4, 0.5) is 0 Å². The van der Waals surface area contributed by atoms with Crippen LogP contribution in [0.5, 0.6) is 0 Å². The molecule has 0 radical (unpaired) electrons. The Morgan fingerprint density at radius 1 is 1.64 bits per heavy atom. The van der Waals surface area contributed by atoms with Gasteiger partial charge >= 0.3 is 5.97 Å². The lowest BCUT2D eigenvalue weighted by Crippen LogP contribution is -2.08. The summed E-state index contributed by atoms with van der Waals surface area (Å²) < 4.78 is 6.66. The molecule has 0 aromatic carbocycles. The van der Waals surface area contributed by atoms with Crippen molar-refractivity contribution in [3.8, 4) is 11.5 Å². The molecule has 2 aromatic rings. The molecule has 72 valence electrons. The van der Waals surface area contributed by atoms with Gasteiger partial charge in [-0.05, 0) is 12.1 Å². The molecule has 2 aromatic heterocycles. The fourth-order valence-electron chi connectivity index (χ4n) is 1.22. The molecule has 0 atom stereocenters. The lowest BCUT2D eigenvalue weighted by Gasteiger charge is -2.01. The van der Waals surface area contributed by atoms with Crippen LogP contribution in [0.2, 0.25) is 0 Å². The van der Waals surface area contributed by atoms with Crippen LogP contribution in [-0.2, 0) is 11.3 Å². The highest BCUT2D eigenvalue weighted by molar-refractivity contribution is 5.67. The van der Waals surface area contributed by atoms with E-state index < -0.39 is 5.97 Å². The summed E-state index contributed by atoms with van der Waals surface area (Å²) in [5, 5.41) is 8.63.